The highest BCUT2D eigenvalue weighted by atomic mass is 16.5. The molecule has 2 spiro atoms. The molecule has 3 aliphatic carbocycles. The fourth-order valence-electron chi connectivity index (χ4n) is 7.90. The molecular weight excluding hydrogens is 382 g/mol. The number of aromatic nitrogens is 1. The molecule has 4 nitrogen and oxygen atoms in total. The largest absolute Gasteiger partial charge is 0.359 e. The molecule has 2 saturated carbocycles. The summed E-state index contributed by atoms with van der Waals surface area (Å²) in [5.74, 6) is 0.614. The smallest absolute Gasteiger partial charge is 0.0975 e. The second kappa shape index (κ2) is 7.00. The molecule has 5 aliphatic rings. The predicted octanol–water partition coefficient (Wildman–Crippen LogP) is 4.63. The minimum Gasteiger partial charge on any atom is -0.359 e. The van der Waals surface area contributed by atoms with E-state index in [2.05, 4.69) is 54.4 Å². The van der Waals surface area contributed by atoms with Gasteiger partial charge in [-0.1, -0.05) is 25.1 Å². The molecule has 0 amide bonds. The molecule has 1 aromatic heterocycles. The van der Waals surface area contributed by atoms with Gasteiger partial charge in [-0.25, -0.2) is 0 Å². The van der Waals surface area contributed by atoms with Crippen LogP contribution >= 0.6 is 0 Å². The van der Waals surface area contributed by atoms with Gasteiger partial charge in [-0.2, -0.15) is 0 Å². The Balaban J connectivity index is 1.29. The molecule has 1 N–H and O–H groups in total. The van der Waals surface area contributed by atoms with Crippen molar-refractivity contribution in [1.82, 2.24) is 15.2 Å². The van der Waals surface area contributed by atoms with Crippen LogP contribution in [0, 0.1) is 11.3 Å². The number of ether oxygens (including phenoxy) is 1. The summed E-state index contributed by atoms with van der Waals surface area (Å²) in [4.78, 5) is 6.71. The summed E-state index contributed by atoms with van der Waals surface area (Å²) >= 11 is 0. The number of pyridine rings is 1. The lowest BCUT2D eigenvalue weighted by molar-refractivity contribution is -0.140. The van der Waals surface area contributed by atoms with Crippen molar-refractivity contribution < 1.29 is 4.74 Å². The Bertz CT molecular complexity index is 924. The summed E-state index contributed by atoms with van der Waals surface area (Å²) in [6.45, 7) is 3.44. The third-order valence-electron chi connectivity index (χ3n) is 9.66. The van der Waals surface area contributed by atoms with Crippen LogP contribution < -0.4 is 5.32 Å². The highest BCUT2D eigenvalue weighted by Crippen LogP contribution is 2.66. The molecule has 3 heterocycles. The Morgan fingerprint density at radius 2 is 2.13 bits per heavy atom. The van der Waals surface area contributed by atoms with Crippen molar-refractivity contribution in [1.29, 1.82) is 0 Å². The van der Waals surface area contributed by atoms with E-state index in [1.807, 2.05) is 18.5 Å². The number of rotatable bonds is 4. The van der Waals surface area contributed by atoms with Crippen molar-refractivity contribution >= 4 is 0 Å². The number of nitrogens with zero attached hydrogens (tertiary/aromatic N) is 2. The molecule has 2 unspecified atom stereocenters. The van der Waals surface area contributed by atoms with Gasteiger partial charge < -0.3 is 15.0 Å². The summed E-state index contributed by atoms with van der Waals surface area (Å²) in [7, 11) is 4.48. The number of nitrogens with one attached hydrogen (secondary N) is 1. The van der Waals surface area contributed by atoms with Gasteiger partial charge in [0.2, 0.25) is 0 Å². The zero-order chi connectivity index (χ0) is 21.3. The fourth-order valence-corrected chi connectivity index (χ4v) is 7.90. The first kappa shape index (κ1) is 20.1. The second-order valence-corrected chi connectivity index (χ2v) is 11.3. The average molecular weight is 420 g/mol. The minimum absolute atomic E-state index is 0.00397. The highest BCUT2D eigenvalue weighted by Gasteiger charge is 2.66. The van der Waals surface area contributed by atoms with E-state index in [1.165, 1.54) is 62.5 Å². The van der Waals surface area contributed by atoms with Gasteiger partial charge in [-0.3, -0.25) is 4.98 Å². The van der Waals surface area contributed by atoms with Crippen molar-refractivity contribution in [3.05, 3.63) is 53.4 Å². The lowest BCUT2D eigenvalue weighted by Gasteiger charge is -2.54. The van der Waals surface area contributed by atoms with Crippen LogP contribution in [0.2, 0.25) is 0 Å². The Morgan fingerprint density at radius 1 is 1.23 bits per heavy atom. The summed E-state index contributed by atoms with van der Waals surface area (Å²) in [6, 6.07) is 5.39. The Morgan fingerprint density at radius 3 is 2.94 bits per heavy atom. The van der Waals surface area contributed by atoms with Crippen molar-refractivity contribution in [3.8, 4) is 0 Å². The summed E-state index contributed by atoms with van der Waals surface area (Å²) in [6.07, 6.45) is 18.7. The van der Waals surface area contributed by atoms with Gasteiger partial charge in [-0.05, 0) is 99.6 Å². The number of allylic oxidation sites excluding steroid dienone is 1. The van der Waals surface area contributed by atoms with Gasteiger partial charge in [0, 0.05) is 31.0 Å². The van der Waals surface area contributed by atoms with E-state index in [-0.39, 0.29) is 16.6 Å². The number of fused-ring (bicyclic) bond motifs is 1. The standard InChI is InChI=1S/C27H37N3O/c1-25-11-10-21-15-20-6-7-22(30(2)3)16-26(20)12-13-27(21,31-26)23(25)8-9-24(25)29-18-19-5-4-14-28-17-19/h4-5,10,14-15,17,22-24,29H,6-9,11-13,16,18H2,1-3H3/t22?,23-,24?,25-,26-,27-/m1/s1. The molecule has 2 bridgehead atoms. The van der Waals surface area contributed by atoms with Gasteiger partial charge in [-0.15, -0.1) is 0 Å². The third-order valence-corrected chi connectivity index (χ3v) is 9.66. The Kier molecular flexibility index (Phi) is 4.55. The van der Waals surface area contributed by atoms with E-state index in [4.69, 9.17) is 4.74 Å². The molecule has 6 rings (SSSR count). The topological polar surface area (TPSA) is 37.4 Å². The maximum Gasteiger partial charge on any atom is 0.0975 e. The van der Waals surface area contributed by atoms with Gasteiger partial charge >= 0.3 is 0 Å². The monoisotopic (exact) mass is 419 g/mol. The Hall–Kier alpha value is -1.49. The lowest BCUT2D eigenvalue weighted by atomic mass is 9.60. The number of hydrogen-bond acceptors (Lipinski definition) is 4. The maximum atomic E-state index is 7.35. The van der Waals surface area contributed by atoms with Crippen molar-refractivity contribution in [3.63, 3.8) is 0 Å². The highest BCUT2D eigenvalue weighted by molar-refractivity contribution is 5.47. The van der Waals surface area contributed by atoms with E-state index in [0.717, 1.165) is 6.54 Å². The van der Waals surface area contributed by atoms with Crippen molar-refractivity contribution in [2.75, 3.05) is 14.1 Å². The molecule has 3 fully saturated rings. The van der Waals surface area contributed by atoms with E-state index in [0.29, 0.717) is 18.0 Å². The van der Waals surface area contributed by atoms with Crippen LogP contribution in [0.15, 0.2) is 47.8 Å². The van der Waals surface area contributed by atoms with Gasteiger partial charge in [0.05, 0.1) is 11.2 Å². The van der Waals surface area contributed by atoms with Gasteiger partial charge in [0.1, 0.15) is 0 Å². The lowest BCUT2D eigenvalue weighted by Crippen LogP contribution is -2.56. The molecule has 2 aliphatic heterocycles. The second-order valence-electron chi connectivity index (χ2n) is 11.3. The van der Waals surface area contributed by atoms with Crippen LogP contribution in [0.1, 0.15) is 63.9 Å². The fraction of sp³-hybridized carbons (Fsp3) is 0.667. The van der Waals surface area contributed by atoms with Crippen LogP contribution in [0.5, 0.6) is 0 Å². The van der Waals surface area contributed by atoms with Crippen LogP contribution in [0.3, 0.4) is 0 Å². The molecule has 166 valence electrons. The normalized spacial score (nSPS) is 43.2. The Labute approximate surface area is 187 Å². The minimum atomic E-state index is -0.0462. The first-order valence-corrected chi connectivity index (χ1v) is 12.4. The summed E-state index contributed by atoms with van der Waals surface area (Å²) in [5, 5.41) is 3.92. The van der Waals surface area contributed by atoms with Gasteiger partial charge in [0.15, 0.2) is 0 Å². The van der Waals surface area contributed by atoms with E-state index in [9.17, 15) is 0 Å². The first-order valence-electron chi connectivity index (χ1n) is 12.4. The molecule has 1 saturated heterocycles. The molecule has 4 heteroatoms. The average Bonchev–Trinajstić information content (AvgIpc) is 3.27. The molecule has 0 radical (unpaired) electrons. The summed E-state index contributed by atoms with van der Waals surface area (Å²) in [5.41, 5.74) is 4.61. The molecule has 6 atom stereocenters. The third kappa shape index (κ3) is 2.87. The SMILES string of the molecule is CN(C)C1CCC2=CC3=CC[C@@]4(C)C(NCc5cccnc5)CC[C@H]4[C@@]34CC[C@]2(C1)O4. The molecule has 1 aromatic rings. The molecular formula is C27H37N3O. The predicted molar refractivity (Wildman–Crippen MR) is 124 cm³/mol. The van der Waals surface area contributed by atoms with Crippen LogP contribution in [-0.2, 0) is 11.3 Å². The number of hydrogen-bond donors (Lipinski definition) is 1. The maximum absolute atomic E-state index is 7.35. The van der Waals surface area contributed by atoms with Crippen molar-refractivity contribution in [2.45, 2.75) is 88.1 Å². The van der Waals surface area contributed by atoms with Crippen LogP contribution in [0.4, 0.5) is 0 Å². The quantitative estimate of drug-likeness (QED) is 0.772. The summed E-state index contributed by atoms with van der Waals surface area (Å²) < 4.78 is 7.35. The van der Waals surface area contributed by atoms with E-state index in [1.54, 1.807) is 5.57 Å². The first-order chi connectivity index (χ1) is 15.0. The van der Waals surface area contributed by atoms with E-state index >= 15 is 0 Å². The zero-order valence-electron chi connectivity index (χ0n) is 19.4. The molecule has 0 aromatic carbocycles. The molecule has 31 heavy (non-hydrogen) atoms. The van der Waals surface area contributed by atoms with Gasteiger partial charge in [0.25, 0.3) is 0 Å². The van der Waals surface area contributed by atoms with E-state index < -0.39 is 0 Å². The van der Waals surface area contributed by atoms with Crippen LogP contribution in [0.25, 0.3) is 0 Å². The van der Waals surface area contributed by atoms with Crippen molar-refractivity contribution in [2.24, 2.45) is 11.3 Å². The zero-order valence-corrected chi connectivity index (χ0v) is 19.4. The van der Waals surface area contributed by atoms with Crippen LogP contribution in [-0.4, -0.2) is 47.3 Å².